The van der Waals surface area contributed by atoms with Crippen molar-refractivity contribution in [2.45, 2.75) is 13.8 Å². The number of benzene rings is 2. The van der Waals surface area contributed by atoms with Crippen LogP contribution in [-0.2, 0) is 0 Å². The summed E-state index contributed by atoms with van der Waals surface area (Å²) in [5.41, 5.74) is 3.34. The summed E-state index contributed by atoms with van der Waals surface area (Å²) >= 11 is 6.05. The molecule has 122 valence electrons. The third-order valence-electron chi connectivity index (χ3n) is 3.57. The van der Waals surface area contributed by atoms with Crippen molar-refractivity contribution in [1.82, 2.24) is 0 Å². The largest absolute Gasteiger partial charge is 0.495 e. The second-order valence-corrected chi connectivity index (χ2v) is 5.42. The van der Waals surface area contributed by atoms with Crippen molar-refractivity contribution in [2.24, 2.45) is 0 Å². The van der Waals surface area contributed by atoms with Crippen LogP contribution < -0.4 is 20.1 Å². The molecule has 0 saturated carbocycles. The highest BCUT2D eigenvalue weighted by molar-refractivity contribution is 6.32. The first-order valence-electron chi connectivity index (χ1n) is 7.02. The third kappa shape index (κ3) is 3.87. The lowest BCUT2D eigenvalue weighted by molar-refractivity contribution is 0.262. The minimum absolute atomic E-state index is 0.374. The van der Waals surface area contributed by atoms with E-state index in [0.717, 1.165) is 16.8 Å². The summed E-state index contributed by atoms with van der Waals surface area (Å²) < 4.78 is 10.4. The number of halogens is 1. The number of urea groups is 1. The number of anilines is 2. The maximum atomic E-state index is 12.2. The van der Waals surface area contributed by atoms with Crippen molar-refractivity contribution in [2.75, 3.05) is 24.9 Å². The van der Waals surface area contributed by atoms with Gasteiger partial charge >= 0.3 is 6.03 Å². The van der Waals surface area contributed by atoms with E-state index in [1.54, 1.807) is 12.1 Å². The van der Waals surface area contributed by atoms with Crippen LogP contribution in [0.4, 0.5) is 16.2 Å². The summed E-state index contributed by atoms with van der Waals surface area (Å²) in [7, 11) is 3.01. The number of carbonyl (C=O) groups excluding carboxylic acids is 1. The monoisotopic (exact) mass is 334 g/mol. The molecule has 0 unspecified atom stereocenters. The Labute approximate surface area is 140 Å². The van der Waals surface area contributed by atoms with E-state index in [9.17, 15) is 4.79 Å². The molecule has 0 heterocycles. The molecule has 0 aromatic heterocycles. The Hall–Kier alpha value is -2.40. The second-order valence-electron chi connectivity index (χ2n) is 5.01. The van der Waals surface area contributed by atoms with E-state index in [1.165, 1.54) is 14.2 Å². The van der Waals surface area contributed by atoms with Crippen LogP contribution in [0.1, 0.15) is 11.1 Å². The first-order chi connectivity index (χ1) is 11.0. The molecule has 0 spiro atoms. The van der Waals surface area contributed by atoms with Crippen molar-refractivity contribution >= 4 is 29.0 Å². The van der Waals surface area contributed by atoms with Gasteiger partial charge in [-0.15, -0.1) is 0 Å². The number of aryl methyl sites for hydroxylation is 1. The smallest absolute Gasteiger partial charge is 0.323 e. The van der Waals surface area contributed by atoms with Gasteiger partial charge in [0.25, 0.3) is 0 Å². The molecule has 6 heteroatoms. The highest BCUT2D eigenvalue weighted by atomic mass is 35.5. The van der Waals surface area contributed by atoms with Gasteiger partial charge in [0.1, 0.15) is 11.5 Å². The molecule has 2 rings (SSSR count). The lowest BCUT2D eigenvalue weighted by atomic mass is 10.1. The fraction of sp³-hybridized carbons (Fsp3) is 0.235. The van der Waals surface area contributed by atoms with Crippen molar-refractivity contribution in [3.8, 4) is 11.5 Å². The fourth-order valence-corrected chi connectivity index (χ4v) is 2.35. The first-order valence-corrected chi connectivity index (χ1v) is 7.39. The number of rotatable bonds is 4. The molecule has 2 aromatic carbocycles. The van der Waals surface area contributed by atoms with E-state index >= 15 is 0 Å². The van der Waals surface area contributed by atoms with E-state index < -0.39 is 0 Å². The molecular formula is C17H19ClN2O3. The molecule has 0 bridgehead atoms. The summed E-state index contributed by atoms with van der Waals surface area (Å²) in [6, 6.07) is 8.57. The second kappa shape index (κ2) is 7.24. The molecule has 0 saturated heterocycles. The number of carbonyl (C=O) groups is 1. The Bertz CT molecular complexity index is 732. The van der Waals surface area contributed by atoms with Gasteiger partial charge in [-0.3, -0.25) is 0 Å². The average Bonchev–Trinajstić information content (AvgIpc) is 2.53. The van der Waals surface area contributed by atoms with Crippen molar-refractivity contribution < 1.29 is 14.3 Å². The Balaban J connectivity index is 2.21. The minimum Gasteiger partial charge on any atom is -0.495 e. The van der Waals surface area contributed by atoms with Gasteiger partial charge in [0.15, 0.2) is 0 Å². The van der Waals surface area contributed by atoms with Crippen LogP contribution in [0.2, 0.25) is 5.02 Å². The van der Waals surface area contributed by atoms with E-state index in [-0.39, 0.29) is 6.03 Å². The standard InChI is InChI=1S/C17H19ClN2O3/c1-10-6-5-7-13(11(10)2)19-17(21)20-14-9-15(22-3)12(18)8-16(14)23-4/h5-9H,1-4H3,(H2,19,20,21). The SMILES string of the molecule is COc1cc(NC(=O)Nc2cccc(C)c2C)c(OC)cc1Cl. The van der Waals surface area contributed by atoms with Gasteiger partial charge in [0.2, 0.25) is 0 Å². The van der Waals surface area contributed by atoms with Crippen LogP contribution in [0.15, 0.2) is 30.3 Å². The molecule has 0 fully saturated rings. The van der Waals surface area contributed by atoms with Crippen LogP contribution in [0.25, 0.3) is 0 Å². The summed E-state index contributed by atoms with van der Waals surface area (Å²) in [6.45, 7) is 3.95. The highest BCUT2D eigenvalue weighted by Crippen LogP contribution is 2.35. The van der Waals surface area contributed by atoms with Crippen LogP contribution in [0, 0.1) is 13.8 Å². The lowest BCUT2D eigenvalue weighted by Gasteiger charge is -2.15. The molecule has 5 nitrogen and oxygen atoms in total. The molecule has 23 heavy (non-hydrogen) atoms. The molecule has 0 aliphatic carbocycles. The van der Waals surface area contributed by atoms with Crippen molar-refractivity contribution in [1.29, 1.82) is 0 Å². The van der Waals surface area contributed by atoms with Crippen LogP contribution in [0.5, 0.6) is 11.5 Å². The average molecular weight is 335 g/mol. The molecule has 2 aromatic rings. The molecule has 0 aliphatic heterocycles. The number of hydrogen-bond donors (Lipinski definition) is 2. The molecule has 2 amide bonds. The topological polar surface area (TPSA) is 59.6 Å². The van der Waals surface area contributed by atoms with Gasteiger partial charge in [-0.1, -0.05) is 23.7 Å². The molecule has 0 atom stereocenters. The highest BCUT2D eigenvalue weighted by Gasteiger charge is 2.13. The van der Waals surface area contributed by atoms with E-state index in [2.05, 4.69) is 10.6 Å². The normalized spacial score (nSPS) is 10.1. The number of ether oxygens (including phenoxy) is 2. The van der Waals surface area contributed by atoms with Gasteiger partial charge in [-0.05, 0) is 31.0 Å². The zero-order valence-corrected chi connectivity index (χ0v) is 14.2. The van der Waals surface area contributed by atoms with Gasteiger partial charge in [-0.25, -0.2) is 4.79 Å². The Kier molecular flexibility index (Phi) is 5.34. The lowest BCUT2D eigenvalue weighted by Crippen LogP contribution is -2.20. The van der Waals surface area contributed by atoms with E-state index in [4.69, 9.17) is 21.1 Å². The Morgan fingerprint density at radius 1 is 1.00 bits per heavy atom. The quantitative estimate of drug-likeness (QED) is 0.857. The maximum Gasteiger partial charge on any atom is 0.323 e. The minimum atomic E-state index is -0.374. The zero-order valence-electron chi connectivity index (χ0n) is 13.5. The van der Waals surface area contributed by atoms with E-state index in [0.29, 0.717) is 22.2 Å². The fourth-order valence-electron chi connectivity index (χ4n) is 2.12. The Morgan fingerprint density at radius 2 is 1.65 bits per heavy atom. The van der Waals surface area contributed by atoms with Gasteiger partial charge < -0.3 is 20.1 Å². The molecule has 0 radical (unpaired) electrons. The van der Waals surface area contributed by atoms with Gasteiger partial charge in [-0.2, -0.15) is 0 Å². The Morgan fingerprint density at radius 3 is 2.30 bits per heavy atom. The molecule has 0 aliphatic rings. The summed E-state index contributed by atoms with van der Waals surface area (Å²) in [5.74, 6) is 0.904. The predicted molar refractivity (Wildman–Crippen MR) is 93.1 cm³/mol. The van der Waals surface area contributed by atoms with Crippen molar-refractivity contribution in [3.05, 3.63) is 46.5 Å². The van der Waals surface area contributed by atoms with E-state index in [1.807, 2.05) is 32.0 Å². The molecule has 2 N–H and O–H groups in total. The molecular weight excluding hydrogens is 316 g/mol. The van der Waals surface area contributed by atoms with Gasteiger partial charge in [0.05, 0.1) is 24.9 Å². The number of methoxy groups -OCH3 is 2. The summed E-state index contributed by atoms with van der Waals surface area (Å²) in [4.78, 5) is 12.2. The summed E-state index contributed by atoms with van der Waals surface area (Å²) in [6.07, 6.45) is 0. The maximum absolute atomic E-state index is 12.2. The van der Waals surface area contributed by atoms with Gasteiger partial charge in [0, 0.05) is 17.8 Å². The number of amides is 2. The van der Waals surface area contributed by atoms with Crippen LogP contribution >= 0.6 is 11.6 Å². The van der Waals surface area contributed by atoms with Crippen LogP contribution in [0.3, 0.4) is 0 Å². The number of hydrogen-bond acceptors (Lipinski definition) is 3. The van der Waals surface area contributed by atoms with Crippen LogP contribution in [-0.4, -0.2) is 20.3 Å². The predicted octanol–water partition coefficient (Wildman–Crippen LogP) is 4.62. The van der Waals surface area contributed by atoms with Crippen molar-refractivity contribution in [3.63, 3.8) is 0 Å². The summed E-state index contributed by atoms with van der Waals surface area (Å²) in [5, 5.41) is 5.98. The number of nitrogens with one attached hydrogen (secondary N) is 2. The first kappa shape index (κ1) is 17.0. The third-order valence-corrected chi connectivity index (χ3v) is 3.87. The zero-order chi connectivity index (χ0) is 17.0.